The van der Waals surface area contributed by atoms with Crippen molar-refractivity contribution < 1.29 is 14.6 Å². The summed E-state index contributed by atoms with van der Waals surface area (Å²) in [5.41, 5.74) is -0.514. The lowest BCUT2D eigenvalue weighted by atomic mass is 9.84. The van der Waals surface area contributed by atoms with Gasteiger partial charge in [-0.25, -0.2) is 4.79 Å². The molecule has 0 heterocycles. The van der Waals surface area contributed by atoms with Crippen molar-refractivity contribution in [3.8, 4) is 0 Å². The number of aliphatic hydroxyl groups is 1. The van der Waals surface area contributed by atoms with E-state index in [0.717, 1.165) is 12.5 Å². The van der Waals surface area contributed by atoms with Crippen LogP contribution in [0.5, 0.6) is 0 Å². The summed E-state index contributed by atoms with van der Waals surface area (Å²) in [6.45, 7) is 11.1. The Morgan fingerprint density at radius 3 is 2.39 bits per heavy atom. The van der Waals surface area contributed by atoms with Crippen molar-refractivity contribution in [2.45, 2.75) is 84.5 Å². The number of ether oxygens (including phenoxy) is 1. The SMILES string of the molecule is CCC1CCC(NCCN(CC(C)O)C(=O)OC(C)(C)C)CC1. The Bertz CT molecular complexity index is 345. The summed E-state index contributed by atoms with van der Waals surface area (Å²) in [4.78, 5) is 13.8. The van der Waals surface area contributed by atoms with Crippen LogP contribution in [0.4, 0.5) is 4.79 Å². The Labute approximate surface area is 141 Å². The maximum Gasteiger partial charge on any atom is 0.410 e. The van der Waals surface area contributed by atoms with Gasteiger partial charge in [-0.15, -0.1) is 0 Å². The van der Waals surface area contributed by atoms with Crippen LogP contribution in [0.25, 0.3) is 0 Å². The van der Waals surface area contributed by atoms with Crippen molar-refractivity contribution in [3.05, 3.63) is 0 Å². The molecule has 1 rings (SSSR count). The van der Waals surface area contributed by atoms with E-state index in [-0.39, 0.29) is 6.09 Å². The number of carbonyl (C=O) groups is 1. The van der Waals surface area contributed by atoms with Crippen LogP contribution < -0.4 is 5.32 Å². The van der Waals surface area contributed by atoms with Gasteiger partial charge in [0.25, 0.3) is 0 Å². The van der Waals surface area contributed by atoms with E-state index in [2.05, 4.69) is 12.2 Å². The highest BCUT2D eigenvalue weighted by molar-refractivity contribution is 5.68. The summed E-state index contributed by atoms with van der Waals surface area (Å²) < 4.78 is 5.42. The van der Waals surface area contributed by atoms with Gasteiger partial charge in [0.1, 0.15) is 5.60 Å². The number of hydrogen-bond donors (Lipinski definition) is 2. The lowest BCUT2D eigenvalue weighted by molar-refractivity contribution is 0.0162. The molecule has 0 aromatic carbocycles. The van der Waals surface area contributed by atoms with Crippen LogP contribution in [0.15, 0.2) is 0 Å². The normalized spacial score (nSPS) is 23.4. The predicted octanol–water partition coefficient (Wildman–Crippen LogP) is 3.16. The maximum absolute atomic E-state index is 12.2. The summed E-state index contributed by atoms with van der Waals surface area (Å²) in [6.07, 6.45) is 5.43. The summed E-state index contributed by atoms with van der Waals surface area (Å²) in [5.74, 6) is 0.890. The summed E-state index contributed by atoms with van der Waals surface area (Å²) in [6, 6.07) is 0.560. The quantitative estimate of drug-likeness (QED) is 0.753. The molecule has 1 atom stereocenters. The molecule has 1 fully saturated rings. The first-order chi connectivity index (χ1) is 10.7. The summed E-state index contributed by atoms with van der Waals surface area (Å²) >= 11 is 0. The number of aliphatic hydroxyl groups excluding tert-OH is 1. The fourth-order valence-electron chi connectivity index (χ4n) is 3.08. The Kier molecular flexibility index (Phi) is 8.34. The number of carbonyl (C=O) groups excluding carboxylic acids is 1. The fraction of sp³-hybridized carbons (Fsp3) is 0.944. The third-order valence-electron chi connectivity index (χ3n) is 4.38. The Hall–Kier alpha value is -0.810. The van der Waals surface area contributed by atoms with Gasteiger partial charge in [-0.05, 0) is 59.3 Å². The van der Waals surface area contributed by atoms with Crippen LogP contribution in [0.3, 0.4) is 0 Å². The van der Waals surface area contributed by atoms with Gasteiger partial charge in [-0.1, -0.05) is 13.3 Å². The van der Waals surface area contributed by atoms with E-state index in [1.54, 1.807) is 11.8 Å². The molecule has 5 nitrogen and oxygen atoms in total. The minimum atomic E-state index is -0.553. The highest BCUT2D eigenvalue weighted by Crippen LogP contribution is 2.26. The van der Waals surface area contributed by atoms with Crippen LogP contribution in [-0.2, 0) is 4.74 Å². The van der Waals surface area contributed by atoms with Gasteiger partial charge in [0.05, 0.1) is 6.10 Å². The van der Waals surface area contributed by atoms with Crippen molar-refractivity contribution in [2.24, 2.45) is 5.92 Å². The molecular formula is C18H36N2O3. The Morgan fingerprint density at radius 1 is 1.30 bits per heavy atom. The number of rotatable bonds is 7. The van der Waals surface area contributed by atoms with Crippen molar-refractivity contribution in [3.63, 3.8) is 0 Å². The first-order valence-electron chi connectivity index (χ1n) is 9.10. The molecule has 1 aliphatic carbocycles. The molecule has 0 bridgehead atoms. The van der Waals surface area contributed by atoms with Gasteiger partial charge in [-0.2, -0.15) is 0 Å². The molecule has 1 unspecified atom stereocenters. The molecule has 23 heavy (non-hydrogen) atoms. The molecule has 1 aliphatic rings. The van der Waals surface area contributed by atoms with E-state index in [1.165, 1.54) is 32.1 Å². The molecule has 0 radical (unpaired) electrons. The average molecular weight is 328 g/mol. The number of hydrogen-bond acceptors (Lipinski definition) is 4. The maximum atomic E-state index is 12.2. The molecule has 0 aromatic rings. The smallest absolute Gasteiger partial charge is 0.410 e. The number of nitrogens with one attached hydrogen (secondary N) is 1. The Balaban J connectivity index is 2.38. The van der Waals surface area contributed by atoms with E-state index in [0.29, 0.717) is 19.1 Å². The van der Waals surface area contributed by atoms with Crippen LogP contribution >= 0.6 is 0 Å². The van der Waals surface area contributed by atoms with Crippen LogP contribution in [-0.4, -0.2) is 53.5 Å². The lowest BCUT2D eigenvalue weighted by Gasteiger charge is -2.31. The van der Waals surface area contributed by atoms with E-state index in [9.17, 15) is 9.90 Å². The molecule has 0 spiro atoms. The van der Waals surface area contributed by atoms with Crippen molar-refractivity contribution >= 4 is 6.09 Å². The zero-order valence-electron chi connectivity index (χ0n) is 15.6. The molecule has 1 amide bonds. The van der Waals surface area contributed by atoms with Gasteiger partial charge >= 0.3 is 6.09 Å². The number of amides is 1. The fourth-order valence-corrected chi connectivity index (χ4v) is 3.08. The van der Waals surface area contributed by atoms with Gasteiger partial charge in [0, 0.05) is 25.7 Å². The topological polar surface area (TPSA) is 61.8 Å². The first-order valence-corrected chi connectivity index (χ1v) is 9.10. The second-order valence-corrected chi connectivity index (χ2v) is 7.86. The Morgan fingerprint density at radius 2 is 1.91 bits per heavy atom. The second kappa shape index (κ2) is 9.48. The molecule has 0 saturated heterocycles. The average Bonchev–Trinajstić information content (AvgIpc) is 2.44. The molecule has 1 saturated carbocycles. The van der Waals surface area contributed by atoms with E-state index in [4.69, 9.17) is 4.74 Å². The highest BCUT2D eigenvalue weighted by Gasteiger charge is 2.24. The van der Waals surface area contributed by atoms with Gasteiger partial charge < -0.3 is 20.1 Å². The molecule has 0 aromatic heterocycles. The standard InChI is InChI=1S/C18H36N2O3/c1-6-15-7-9-16(10-8-15)19-11-12-20(13-14(2)21)17(22)23-18(3,4)5/h14-16,19,21H,6-13H2,1-5H3. The minimum Gasteiger partial charge on any atom is -0.444 e. The van der Waals surface area contributed by atoms with Gasteiger partial charge in [0.15, 0.2) is 0 Å². The number of nitrogens with zero attached hydrogens (tertiary/aromatic N) is 1. The molecule has 0 aliphatic heterocycles. The molecular weight excluding hydrogens is 292 g/mol. The van der Waals surface area contributed by atoms with Crippen LogP contribution in [0.1, 0.15) is 66.7 Å². The molecule has 5 heteroatoms. The largest absolute Gasteiger partial charge is 0.444 e. The highest BCUT2D eigenvalue weighted by atomic mass is 16.6. The van der Waals surface area contributed by atoms with Gasteiger partial charge in [0.2, 0.25) is 0 Å². The third-order valence-corrected chi connectivity index (χ3v) is 4.38. The summed E-state index contributed by atoms with van der Waals surface area (Å²) in [7, 11) is 0. The van der Waals surface area contributed by atoms with Crippen molar-refractivity contribution in [1.29, 1.82) is 0 Å². The van der Waals surface area contributed by atoms with E-state index < -0.39 is 11.7 Å². The first kappa shape index (κ1) is 20.2. The van der Waals surface area contributed by atoms with Crippen molar-refractivity contribution in [2.75, 3.05) is 19.6 Å². The zero-order chi connectivity index (χ0) is 17.5. The second-order valence-electron chi connectivity index (χ2n) is 7.86. The minimum absolute atomic E-state index is 0.305. The zero-order valence-corrected chi connectivity index (χ0v) is 15.6. The monoisotopic (exact) mass is 328 g/mol. The van der Waals surface area contributed by atoms with Crippen molar-refractivity contribution in [1.82, 2.24) is 10.2 Å². The van der Waals surface area contributed by atoms with Crippen LogP contribution in [0.2, 0.25) is 0 Å². The predicted molar refractivity (Wildman–Crippen MR) is 93.5 cm³/mol. The molecule has 136 valence electrons. The van der Waals surface area contributed by atoms with Crippen LogP contribution in [0, 0.1) is 5.92 Å². The third kappa shape index (κ3) is 8.56. The summed E-state index contributed by atoms with van der Waals surface area (Å²) in [5, 5.41) is 13.2. The molecule has 2 N–H and O–H groups in total. The van der Waals surface area contributed by atoms with E-state index >= 15 is 0 Å². The lowest BCUT2D eigenvalue weighted by Crippen LogP contribution is -2.45. The van der Waals surface area contributed by atoms with E-state index in [1.807, 2.05) is 20.8 Å². The van der Waals surface area contributed by atoms with Gasteiger partial charge in [-0.3, -0.25) is 0 Å².